The zero-order chi connectivity index (χ0) is 22.2. The Bertz CT molecular complexity index is 1030. The summed E-state index contributed by atoms with van der Waals surface area (Å²) in [5.41, 5.74) is 1.78. The van der Waals surface area contributed by atoms with Crippen LogP contribution in [0.5, 0.6) is 0 Å². The van der Waals surface area contributed by atoms with Gasteiger partial charge >= 0.3 is 0 Å². The van der Waals surface area contributed by atoms with Crippen LogP contribution in [0.2, 0.25) is 0 Å². The molecule has 0 bridgehead atoms. The van der Waals surface area contributed by atoms with Crippen molar-refractivity contribution < 1.29 is 14.4 Å². The molecule has 0 aliphatic carbocycles. The van der Waals surface area contributed by atoms with Crippen molar-refractivity contribution in [2.75, 3.05) is 10.6 Å². The maximum atomic E-state index is 13.0. The molecular formula is C24H25N3O3S. The molecule has 0 radical (unpaired) electrons. The van der Waals surface area contributed by atoms with Crippen molar-refractivity contribution in [2.24, 2.45) is 5.92 Å². The first-order valence-electron chi connectivity index (χ1n) is 10.0. The first-order chi connectivity index (χ1) is 14.9. The zero-order valence-electron chi connectivity index (χ0n) is 17.4. The number of hydrogen-bond acceptors (Lipinski definition) is 4. The highest BCUT2D eigenvalue weighted by Crippen LogP contribution is 2.20. The number of carbonyl (C=O) groups excluding carboxylic acids is 3. The number of hydrogen-bond donors (Lipinski definition) is 3. The molecule has 3 N–H and O–H groups in total. The van der Waals surface area contributed by atoms with Gasteiger partial charge in [0.05, 0.1) is 4.88 Å². The summed E-state index contributed by atoms with van der Waals surface area (Å²) in [6.45, 7) is 3.90. The molecule has 1 heterocycles. The molecule has 3 aromatic rings. The third-order valence-electron chi connectivity index (χ3n) is 4.43. The molecule has 1 unspecified atom stereocenters. The van der Waals surface area contributed by atoms with Crippen LogP contribution in [0.25, 0.3) is 0 Å². The lowest BCUT2D eigenvalue weighted by molar-refractivity contribution is -0.127. The van der Waals surface area contributed by atoms with Gasteiger partial charge in [0.25, 0.3) is 11.8 Å². The fourth-order valence-corrected chi connectivity index (χ4v) is 3.64. The average molecular weight is 436 g/mol. The van der Waals surface area contributed by atoms with Crippen molar-refractivity contribution >= 4 is 40.4 Å². The molecule has 0 fully saturated rings. The monoisotopic (exact) mass is 435 g/mol. The normalized spacial score (nSPS) is 11.6. The van der Waals surface area contributed by atoms with Gasteiger partial charge in [-0.3, -0.25) is 14.4 Å². The number of amides is 3. The summed E-state index contributed by atoms with van der Waals surface area (Å²) in [5, 5.41) is 10.3. The quantitative estimate of drug-likeness (QED) is 0.473. The van der Waals surface area contributed by atoms with Crippen molar-refractivity contribution in [3.63, 3.8) is 0 Å². The van der Waals surface area contributed by atoms with Gasteiger partial charge in [0, 0.05) is 17.8 Å². The summed E-state index contributed by atoms with van der Waals surface area (Å²) in [6, 6.07) is 18.8. The van der Waals surface area contributed by atoms with E-state index in [-0.39, 0.29) is 23.6 Å². The summed E-state index contributed by atoms with van der Waals surface area (Å²) < 4.78 is 0. The van der Waals surface area contributed by atoms with Gasteiger partial charge in [0.1, 0.15) is 6.04 Å². The van der Waals surface area contributed by atoms with E-state index in [1.807, 2.05) is 43.5 Å². The highest BCUT2D eigenvalue weighted by atomic mass is 32.1. The van der Waals surface area contributed by atoms with Gasteiger partial charge in [0.2, 0.25) is 5.91 Å². The van der Waals surface area contributed by atoms with Crippen molar-refractivity contribution in [1.82, 2.24) is 5.32 Å². The smallest absolute Gasteiger partial charge is 0.265 e. The first-order valence-corrected chi connectivity index (χ1v) is 10.9. The van der Waals surface area contributed by atoms with Crippen LogP contribution in [0.4, 0.5) is 11.4 Å². The standard InChI is InChI=1S/C24H25N3O3S/c1-16(2)14-21(28)27-22(17-8-4-3-5-9-17)24(30)26-19-11-6-10-18(15-19)25-23(29)20-12-7-13-31-20/h3-13,15-16,22H,14H2,1-2H3,(H,25,29)(H,26,30)(H,27,28). The second kappa shape index (κ2) is 10.5. The lowest BCUT2D eigenvalue weighted by atomic mass is 10.0. The Hall–Kier alpha value is -3.45. The van der Waals surface area contributed by atoms with Crippen LogP contribution in [0, 0.1) is 5.92 Å². The number of anilines is 2. The number of nitrogens with one attached hydrogen (secondary N) is 3. The van der Waals surface area contributed by atoms with Gasteiger partial charge in [-0.05, 0) is 41.1 Å². The minimum atomic E-state index is -0.822. The lowest BCUT2D eigenvalue weighted by Crippen LogP contribution is -2.37. The highest BCUT2D eigenvalue weighted by Gasteiger charge is 2.23. The summed E-state index contributed by atoms with van der Waals surface area (Å²) in [7, 11) is 0. The maximum absolute atomic E-state index is 13.0. The van der Waals surface area contributed by atoms with Gasteiger partial charge in [0.15, 0.2) is 0 Å². The fourth-order valence-electron chi connectivity index (χ4n) is 3.03. The Morgan fingerprint density at radius 1 is 0.871 bits per heavy atom. The van der Waals surface area contributed by atoms with E-state index in [4.69, 9.17) is 0 Å². The highest BCUT2D eigenvalue weighted by molar-refractivity contribution is 7.12. The molecule has 2 aromatic carbocycles. The molecule has 0 saturated carbocycles. The van der Waals surface area contributed by atoms with Gasteiger partial charge in [-0.2, -0.15) is 0 Å². The Morgan fingerprint density at radius 2 is 1.58 bits per heavy atom. The minimum absolute atomic E-state index is 0.183. The Kier molecular flexibility index (Phi) is 7.56. The topological polar surface area (TPSA) is 87.3 Å². The van der Waals surface area contributed by atoms with Gasteiger partial charge in [-0.25, -0.2) is 0 Å². The fraction of sp³-hybridized carbons (Fsp3) is 0.208. The molecule has 0 saturated heterocycles. The van der Waals surface area contributed by atoms with E-state index >= 15 is 0 Å². The molecule has 3 amide bonds. The molecular weight excluding hydrogens is 410 g/mol. The third kappa shape index (κ3) is 6.52. The third-order valence-corrected chi connectivity index (χ3v) is 5.30. The van der Waals surface area contributed by atoms with Crippen molar-refractivity contribution in [2.45, 2.75) is 26.3 Å². The number of carbonyl (C=O) groups is 3. The molecule has 160 valence electrons. The molecule has 0 aliphatic rings. The molecule has 1 atom stereocenters. The molecule has 1 aromatic heterocycles. The Morgan fingerprint density at radius 3 is 2.23 bits per heavy atom. The Labute approximate surface area is 185 Å². The number of thiophene rings is 1. The first kappa shape index (κ1) is 22.2. The Balaban J connectivity index is 1.73. The van der Waals surface area contributed by atoms with E-state index in [0.717, 1.165) is 0 Å². The van der Waals surface area contributed by atoms with Crippen LogP contribution in [0.15, 0.2) is 72.1 Å². The van der Waals surface area contributed by atoms with E-state index in [2.05, 4.69) is 16.0 Å². The van der Waals surface area contributed by atoms with Crippen molar-refractivity contribution in [3.8, 4) is 0 Å². The summed E-state index contributed by atoms with van der Waals surface area (Å²) in [5.74, 6) is -0.564. The van der Waals surface area contributed by atoms with Gasteiger partial charge in [-0.1, -0.05) is 56.3 Å². The van der Waals surface area contributed by atoms with Crippen LogP contribution >= 0.6 is 11.3 Å². The second-order valence-electron chi connectivity index (χ2n) is 7.51. The van der Waals surface area contributed by atoms with Gasteiger partial charge in [-0.15, -0.1) is 11.3 Å². The predicted octanol–water partition coefficient (Wildman–Crippen LogP) is 4.84. The predicted molar refractivity (Wildman–Crippen MR) is 124 cm³/mol. The molecule has 0 spiro atoms. The van der Waals surface area contributed by atoms with Crippen molar-refractivity contribution in [1.29, 1.82) is 0 Å². The maximum Gasteiger partial charge on any atom is 0.265 e. The van der Waals surface area contributed by atoms with E-state index in [0.29, 0.717) is 28.2 Å². The number of rotatable bonds is 8. The van der Waals surface area contributed by atoms with Crippen LogP contribution in [0.1, 0.15) is 41.5 Å². The lowest BCUT2D eigenvalue weighted by Gasteiger charge is -2.20. The summed E-state index contributed by atoms with van der Waals surface area (Å²) in [4.78, 5) is 38.3. The van der Waals surface area contributed by atoms with Crippen LogP contribution in [-0.2, 0) is 9.59 Å². The van der Waals surface area contributed by atoms with Gasteiger partial charge < -0.3 is 16.0 Å². The van der Waals surface area contributed by atoms with E-state index < -0.39 is 6.04 Å². The van der Waals surface area contributed by atoms with Crippen LogP contribution < -0.4 is 16.0 Å². The summed E-state index contributed by atoms with van der Waals surface area (Å²) in [6.07, 6.45) is 0.334. The largest absolute Gasteiger partial charge is 0.341 e. The molecule has 7 heteroatoms. The van der Waals surface area contributed by atoms with Crippen LogP contribution in [0.3, 0.4) is 0 Å². The van der Waals surface area contributed by atoms with E-state index in [9.17, 15) is 14.4 Å². The molecule has 6 nitrogen and oxygen atoms in total. The van der Waals surface area contributed by atoms with E-state index in [1.54, 1.807) is 42.5 Å². The van der Waals surface area contributed by atoms with Crippen LogP contribution in [-0.4, -0.2) is 17.7 Å². The molecule has 3 rings (SSSR count). The molecule has 0 aliphatic heterocycles. The SMILES string of the molecule is CC(C)CC(=O)NC(C(=O)Nc1cccc(NC(=O)c2cccs2)c1)c1ccccc1. The minimum Gasteiger partial charge on any atom is -0.341 e. The average Bonchev–Trinajstić information content (AvgIpc) is 3.27. The molecule has 31 heavy (non-hydrogen) atoms. The second-order valence-corrected chi connectivity index (χ2v) is 8.46. The van der Waals surface area contributed by atoms with Crippen molar-refractivity contribution in [3.05, 3.63) is 82.6 Å². The summed E-state index contributed by atoms with van der Waals surface area (Å²) >= 11 is 1.35. The van der Waals surface area contributed by atoms with E-state index in [1.165, 1.54) is 11.3 Å². The number of benzene rings is 2. The zero-order valence-corrected chi connectivity index (χ0v) is 18.2.